The average molecular weight is 795 g/mol. The summed E-state index contributed by atoms with van der Waals surface area (Å²) >= 11 is 0. The van der Waals surface area contributed by atoms with Crippen molar-refractivity contribution in [1.82, 2.24) is 0 Å². The van der Waals surface area contributed by atoms with E-state index in [0.29, 0.717) is 25.7 Å². The second-order valence-electron chi connectivity index (χ2n) is 19.3. The normalized spacial score (nSPS) is 51.3. The summed E-state index contributed by atoms with van der Waals surface area (Å²) < 4.78 is 22.7. The predicted octanol–water partition coefficient (Wildman–Crippen LogP) is 1.47. The van der Waals surface area contributed by atoms with E-state index < -0.39 is 102 Å². The Morgan fingerprint density at radius 1 is 0.714 bits per heavy atom. The summed E-state index contributed by atoms with van der Waals surface area (Å²) in [6, 6.07) is 0. The van der Waals surface area contributed by atoms with E-state index in [9.17, 15) is 60.0 Å². The highest BCUT2D eigenvalue weighted by Crippen LogP contribution is 2.68. The summed E-state index contributed by atoms with van der Waals surface area (Å²) in [5, 5.41) is 82.7. The zero-order valence-electron chi connectivity index (χ0n) is 32.5. The van der Waals surface area contributed by atoms with E-state index >= 15 is 0 Å². The molecule has 16 nitrogen and oxygen atoms in total. The minimum Gasteiger partial charge on any atom is -0.481 e. The van der Waals surface area contributed by atoms with Gasteiger partial charge in [0.05, 0.1) is 11.5 Å². The van der Waals surface area contributed by atoms with E-state index in [2.05, 4.69) is 13.8 Å². The molecule has 314 valence electrons. The summed E-state index contributed by atoms with van der Waals surface area (Å²) in [7, 11) is 0. The first-order valence-electron chi connectivity index (χ1n) is 20.0. The third-order valence-electron chi connectivity index (χ3n) is 15.8. The quantitative estimate of drug-likeness (QED) is 0.170. The Kier molecular flexibility index (Phi) is 10.6. The van der Waals surface area contributed by atoms with E-state index in [1.165, 1.54) is 0 Å². The van der Waals surface area contributed by atoms with Crippen LogP contribution in [-0.2, 0) is 38.1 Å². The van der Waals surface area contributed by atoms with Gasteiger partial charge in [-0.2, -0.15) is 0 Å². The average Bonchev–Trinajstić information content (AvgIpc) is 3.12. The molecular formula is C40H58O16. The molecule has 6 fully saturated rings. The Bertz CT molecular complexity index is 1630. The van der Waals surface area contributed by atoms with Gasteiger partial charge in [-0.05, 0) is 111 Å². The van der Waals surface area contributed by atoms with Gasteiger partial charge in [0.1, 0.15) is 36.6 Å². The molecule has 56 heavy (non-hydrogen) atoms. The van der Waals surface area contributed by atoms with Crippen LogP contribution in [0.15, 0.2) is 11.6 Å². The Morgan fingerprint density at radius 2 is 1.34 bits per heavy atom. The van der Waals surface area contributed by atoms with Gasteiger partial charge in [-0.15, -0.1) is 0 Å². The molecule has 4 unspecified atom stereocenters. The van der Waals surface area contributed by atoms with Crippen LogP contribution in [0.25, 0.3) is 0 Å². The lowest BCUT2D eigenvalue weighted by Crippen LogP contribution is -2.66. The zero-order valence-corrected chi connectivity index (χ0v) is 32.5. The fourth-order valence-corrected chi connectivity index (χ4v) is 12.5. The minimum absolute atomic E-state index is 0.0151. The maximum absolute atomic E-state index is 14.4. The van der Waals surface area contributed by atoms with Crippen LogP contribution in [0.4, 0.5) is 0 Å². The fraction of sp³-hybridized carbons (Fsp3) is 0.850. The van der Waals surface area contributed by atoms with E-state index in [4.69, 9.17) is 18.9 Å². The molecule has 0 aromatic rings. The van der Waals surface area contributed by atoms with Gasteiger partial charge in [0.2, 0.25) is 0 Å². The van der Waals surface area contributed by atoms with E-state index in [0.717, 1.165) is 37.7 Å². The van der Waals surface area contributed by atoms with Gasteiger partial charge in [0.25, 0.3) is 0 Å². The summed E-state index contributed by atoms with van der Waals surface area (Å²) in [6.07, 6.45) is -11.8. The summed E-state index contributed by atoms with van der Waals surface area (Å²) in [4.78, 5) is 50.8. The van der Waals surface area contributed by atoms with Crippen molar-refractivity contribution < 1.29 is 79.0 Å². The first-order valence-corrected chi connectivity index (χ1v) is 20.0. The molecule has 0 amide bonds. The summed E-state index contributed by atoms with van der Waals surface area (Å²) in [5.74, 6) is -3.87. The molecule has 4 saturated carbocycles. The number of carboxylic acids is 3. The van der Waals surface area contributed by atoms with E-state index in [1.807, 2.05) is 26.8 Å². The van der Waals surface area contributed by atoms with Crippen molar-refractivity contribution in [3.8, 4) is 0 Å². The van der Waals surface area contributed by atoms with Crippen molar-refractivity contribution >= 4 is 23.7 Å². The number of carbonyl (C=O) groups is 4. The number of allylic oxidation sites excluding steroid dienone is 2. The Morgan fingerprint density at radius 3 is 1.98 bits per heavy atom. The molecule has 2 saturated heterocycles. The van der Waals surface area contributed by atoms with Gasteiger partial charge >= 0.3 is 17.9 Å². The van der Waals surface area contributed by atoms with Crippen LogP contribution in [0.1, 0.15) is 92.4 Å². The standard InChI is InChI=1S/C40H58O16/c1-37(2)21-7-6-17-16-8-10-38(3)12-13-39(4,36(51)52)15-19(38)18(16)14-20(41)23(17)40(21,5)11-9-22(37)53-34-28(46)26(44)29(31(56-34)33(49)50)54-35-27(45)24(42)25(43)30(55-35)32(47)48/h14,16-17,19,21-31,34-35,42-46H,6-13,15H2,1-5H3,(H,47,48)(H,49,50)(H,51,52)/t16?,17?,19-,21?,22-,23?,24-,25-,26+,27+,28+,29-,30-,31-,34+,35+,38-,39-,40-/m0/s1. The number of hydrogen-bond donors (Lipinski definition) is 8. The number of rotatable bonds is 7. The highest BCUT2D eigenvalue weighted by molar-refractivity contribution is 5.95. The highest BCUT2D eigenvalue weighted by Gasteiger charge is 2.64. The van der Waals surface area contributed by atoms with Crippen molar-refractivity contribution in [2.75, 3.05) is 0 Å². The molecule has 0 aromatic heterocycles. The number of ketones is 1. The number of aliphatic carboxylic acids is 3. The van der Waals surface area contributed by atoms with Gasteiger partial charge in [-0.1, -0.05) is 33.3 Å². The predicted molar refractivity (Wildman–Crippen MR) is 190 cm³/mol. The summed E-state index contributed by atoms with van der Waals surface area (Å²) in [6.45, 7) is 10.3. The van der Waals surface area contributed by atoms with Gasteiger partial charge in [0, 0.05) is 5.92 Å². The lowest BCUT2D eigenvalue weighted by atomic mass is 9.40. The van der Waals surface area contributed by atoms with Crippen LogP contribution in [0.5, 0.6) is 0 Å². The van der Waals surface area contributed by atoms with Crippen LogP contribution in [0, 0.1) is 51.2 Å². The number of carboxylic acid groups (broad SMARTS) is 3. The number of aliphatic hydroxyl groups excluding tert-OH is 5. The van der Waals surface area contributed by atoms with Crippen molar-refractivity contribution in [3.05, 3.63) is 11.6 Å². The number of hydrogen-bond acceptors (Lipinski definition) is 13. The van der Waals surface area contributed by atoms with Crippen molar-refractivity contribution in [1.29, 1.82) is 0 Å². The molecule has 2 heterocycles. The SMILES string of the molecule is CC1(C)C2CCC3C4CC[C@@]5(C)CC[C@](C)(C(=O)O)C[C@H]5C4=CC(=O)C3[C@@]2(C)CC[C@@H]1O[C@@H]1O[C@H](C(=O)O)[C@@H](O[C@@H]2O[C@H](C(=O)O)[C@@H](O)[C@H](O)[C@H]2O)[C@H](O)[C@H]1O. The number of ether oxygens (including phenoxy) is 4. The number of fused-ring (bicyclic) bond motifs is 7. The Labute approximate surface area is 325 Å². The fourth-order valence-electron chi connectivity index (χ4n) is 12.5. The first kappa shape index (κ1) is 41.6. The topological polar surface area (TPSA) is 267 Å². The molecule has 7 rings (SSSR count). The Balaban J connectivity index is 1.08. The summed E-state index contributed by atoms with van der Waals surface area (Å²) in [5.41, 5.74) is -0.727. The maximum Gasteiger partial charge on any atom is 0.335 e. The molecule has 0 bridgehead atoms. The monoisotopic (exact) mass is 794 g/mol. The molecule has 0 spiro atoms. The molecular weight excluding hydrogens is 736 g/mol. The zero-order chi connectivity index (χ0) is 41.0. The van der Waals surface area contributed by atoms with Gasteiger partial charge < -0.3 is 59.8 Å². The van der Waals surface area contributed by atoms with Crippen LogP contribution < -0.4 is 0 Å². The van der Waals surface area contributed by atoms with Crippen LogP contribution >= 0.6 is 0 Å². The smallest absolute Gasteiger partial charge is 0.335 e. The van der Waals surface area contributed by atoms with Crippen molar-refractivity contribution in [2.45, 2.75) is 160 Å². The molecule has 0 radical (unpaired) electrons. The van der Waals surface area contributed by atoms with E-state index in [1.54, 1.807) is 0 Å². The lowest BCUT2D eigenvalue weighted by Gasteiger charge is -2.64. The molecule has 0 aromatic carbocycles. The maximum atomic E-state index is 14.4. The van der Waals surface area contributed by atoms with E-state index in [-0.39, 0.29) is 40.8 Å². The van der Waals surface area contributed by atoms with Crippen LogP contribution in [-0.4, -0.2) is 132 Å². The second-order valence-corrected chi connectivity index (χ2v) is 19.3. The van der Waals surface area contributed by atoms with Gasteiger partial charge in [-0.25, -0.2) is 9.59 Å². The number of carbonyl (C=O) groups excluding carboxylic acids is 1. The van der Waals surface area contributed by atoms with Gasteiger partial charge in [-0.3, -0.25) is 9.59 Å². The van der Waals surface area contributed by atoms with Gasteiger partial charge in [0.15, 0.2) is 30.6 Å². The molecule has 7 aliphatic rings. The van der Waals surface area contributed by atoms with Crippen LogP contribution in [0.3, 0.4) is 0 Å². The third kappa shape index (κ3) is 6.46. The van der Waals surface area contributed by atoms with Crippen molar-refractivity contribution in [3.63, 3.8) is 0 Å². The largest absolute Gasteiger partial charge is 0.481 e. The molecule has 5 aliphatic carbocycles. The molecule has 8 N–H and O–H groups in total. The van der Waals surface area contributed by atoms with Crippen molar-refractivity contribution in [2.24, 2.45) is 51.2 Å². The molecule has 2 aliphatic heterocycles. The first-order chi connectivity index (χ1) is 26.1. The lowest BCUT2D eigenvalue weighted by molar-refractivity contribution is -0.359. The van der Waals surface area contributed by atoms with Crippen LogP contribution in [0.2, 0.25) is 0 Å². The Hall–Kier alpha value is -2.54. The minimum atomic E-state index is -2.05. The number of aliphatic hydroxyl groups is 5. The molecule has 16 heteroatoms. The highest BCUT2D eigenvalue weighted by atomic mass is 16.7. The second kappa shape index (κ2) is 14.3. The third-order valence-corrected chi connectivity index (χ3v) is 15.8. The molecule has 19 atom stereocenters.